The molecule has 2 unspecified atom stereocenters. The highest BCUT2D eigenvalue weighted by Crippen LogP contribution is 2.37. The van der Waals surface area contributed by atoms with Crippen LogP contribution in [0.3, 0.4) is 0 Å². The molecule has 0 radical (unpaired) electrons. The molecule has 2 atom stereocenters. The third-order valence-corrected chi connectivity index (χ3v) is 5.45. The molecule has 3 N–H and O–H groups in total. The van der Waals surface area contributed by atoms with Crippen molar-refractivity contribution in [2.75, 3.05) is 13.6 Å². The van der Waals surface area contributed by atoms with Gasteiger partial charge in [-0.15, -0.1) is 0 Å². The van der Waals surface area contributed by atoms with Crippen LogP contribution in [0.5, 0.6) is 0 Å². The Balaban J connectivity index is 1.48. The van der Waals surface area contributed by atoms with E-state index in [1.807, 2.05) is 0 Å². The van der Waals surface area contributed by atoms with Gasteiger partial charge < -0.3 is 16.0 Å². The Kier molecular flexibility index (Phi) is 3.10. The molecule has 1 saturated carbocycles. The number of rotatable bonds is 3. The van der Waals surface area contributed by atoms with Gasteiger partial charge in [0.2, 0.25) is 5.91 Å². The summed E-state index contributed by atoms with van der Waals surface area (Å²) < 4.78 is 0. The molecule has 1 aliphatic carbocycles. The molecular formula is C14H25N3O. The summed E-state index contributed by atoms with van der Waals surface area (Å²) in [6, 6.07) is 1.50. The standard InChI is InChI=1S/C14H25N3O/c1-17-11-3-4-12(17)8-10(7-11)9-16-13(18)14(15)5-2-6-14/h10-12H,2-9,15H2,1H3,(H,16,18). The fourth-order valence-corrected chi connectivity index (χ4v) is 3.89. The maximum Gasteiger partial charge on any atom is 0.240 e. The Bertz CT molecular complexity index is 326. The second kappa shape index (κ2) is 4.49. The van der Waals surface area contributed by atoms with E-state index < -0.39 is 5.54 Å². The fourth-order valence-electron chi connectivity index (χ4n) is 3.89. The summed E-state index contributed by atoms with van der Waals surface area (Å²) in [4.78, 5) is 14.5. The van der Waals surface area contributed by atoms with E-state index in [0.717, 1.165) is 37.9 Å². The molecule has 0 spiro atoms. The SMILES string of the molecule is CN1C2CCC1CC(CNC(=O)C1(N)CCC1)C2. The average Bonchev–Trinajstić information content (AvgIpc) is 2.55. The summed E-state index contributed by atoms with van der Waals surface area (Å²) in [6.07, 6.45) is 7.98. The number of hydrogen-bond acceptors (Lipinski definition) is 3. The lowest BCUT2D eigenvalue weighted by Crippen LogP contribution is -2.59. The van der Waals surface area contributed by atoms with Gasteiger partial charge in [0.25, 0.3) is 0 Å². The lowest BCUT2D eigenvalue weighted by atomic mass is 9.77. The van der Waals surface area contributed by atoms with E-state index in [1.54, 1.807) is 0 Å². The number of carbonyl (C=O) groups excluding carboxylic acids is 1. The highest BCUT2D eigenvalue weighted by molar-refractivity contribution is 5.86. The maximum absolute atomic E-state index is 12.0. The average molecular weight is 251 g/mol. The van der Waals surface area contributed by atoms with Crippen molar-refractivity contribution in [3.8, 4) is 0 Å². The molecule has 0 aromatic heterocycles. The van der Waals surface area contributed by atoms with Gasteiger partial charge in [-0.25, -0.2) is 0 Å². The maximum atomic E-state index is 12.0. The van der Waals surface area contributed by atoms with Crippen LogP contribution in [-0.4, -0.2) is 42.0 Å². The molecule has 4 nitrogen and oxygen atoms in total. The lowest BCUT2D eigenvalue weighted by molar-refractivity contribution is -0.129. The van der Waals surface area contributed by atoms with Crippen LogP contribution in [0.25, 0.3) is 0 Å². The van der Waals surface area contributed by atoms with E-state index in [9.17, 15) is 4.79 Å². The lowest BCUT2D eigenvalue weighted by Gasteiger charge is -2.39. The highest BCUT2D eigenvalue weighted by Gasteiger charge is 2.41. The molecule has 18 heavy (non-hydrogen) atoms. The van der Waals surface area contributed by atoms with E-state index in [-0.39, 0.29) is 5.91 Å². The normalized spacial score (nSPS) is 38.2. The third-order valence-electron chi connectivity index (χ3n) is 5.45. The molecule has 2 aliphatic heterocycles. The fraction of sp³-hybridized carbons (Fsp3) is 0.929. The zero-order valence-corrected chi connectivity index (χ0v) is 11.3. The second-order valence-corrected chi connectivity index (χ2v) is 6.61. The minimum Gasteiger partial charge on any atom is -0.354 e. The number of nitrogens with two attached hydrogens (primary N) is 1. The number of amides is 1. The Morgan fingerprint density at radius 1 is 1.33 bits per heavy atom. The molecule has 102 valence electrons. The van der Waals surface area contributed by atoms with Crippen molar-refractivity contribution in [2.45, 2.75) is 62.6 Å². The van der Waals surface area contributed by atoms with E-state index in [2.05, 4.69) is 17.3 Å². The predicted octanol–water partition coefficient (Wildman–Crippen LogP) is 0.857. The predicted molar refractivity (Wildman–Crippen MR) is 71.1 cm³/mol. The molecule has 2 saturated heterocycles. The zero-order chi connectivity index (χ0) is 12.8. The van der Waals surface area contributed by atoms with E-state index in [0.29, 0.717) is 5.92 Å². The monoisotopic (exact) mass is 251 g/mol. The van der Waals surface area contributed by atoms with Gasteiger partial charge in [0.05, 0.1) is 5.54 Å². The van der Waals surface area contributed by atoms with Crippen molar-refractivity contribution in [3.63, 3.8) is 0 Å². The van der Waals surface area contributed by atoms with Crippen molar-refractivity contribution < 1.29 is 4.79 Å². The number of nitrogens with zero attached hydrogens (tertiary/aromatic N) is 1. The summed E-state index contributed by atoms with van der Waals surface area (Å²) >= 11 is 0. The molecule has 1 amide bonds. The van der Waals surface area contributed by atoms with Gasteiger partial charge in [-0.2, -0.15) is 0 Å². The highest BCUT2D eigenvalue weighted by atomic mass is 16.2. The number of nitrogens with one attached hydrogen (secondary N) is 1. The van der Waals surface area contributed by atoms with E-state index in [4.69, 9.17) is 5.73 Å². The molecular weight excluding hydrogens is 226 g/mol. The molecule has 0 aromatic carbocycles. The Morgan fingerprint density at radius 2 is 1.94 bits per heavy atom. The minimum absolute atomic E-state index is 0.0834. The summed E-state index contributed by atoms with van der Waals surface area (Å²) in [5, 5.41) is 3.10. The number of fused-ring (bicyclic) bond motifs is 2. The minimum atomic E-state index is -0.537. The Hall–Kier alpha value is -0.610. The molecule has 3 aliphatic rings. The van der Waals surface area contributed by atoms with Gasteiger partial charge in [0.15, 0.2) is 0 Å². The molecule has 3 fully saturated rings. The van der Waals surface area contributed by atoms with Crippen LogP contribution in [-0.2, 0) is 4.79 Å². The van der Waals surface area contributed by atoms with E-state index in [1.165, 1.54) is 25.7 Å². The number of carbonyl (C=O) groups is 1. The van der Waals surface area contributed by atoms with Crippen molar-refractivity contribution in [3.05, 3.63) is 0 Å². The molecule has 2 bridgehead atoms. The molecule has 4 heteroatoms. The van der Waals surface area contributed by atoms with Crippen molar-refractivity contribution in [1.29, 1.82) is 0 Å². The van der Waals surface area contributed by atoms with Crippen molar-refractivity contribution >= 4 is 5.91 Å². The summed E-state index contributed by atoms with van der Waals surface area (Å²) in [5.74, 6) is 0.742. The van der Waals surface area contributed by atoms with Gasteiger partial charge in [-0.05, 0) is 57.9 Å². The molecule has 3 rings (SSSR count). The van der Waals surface area contributed by atoms with Crippen LogP contribution in [0, 0.1) is 5.92 Å². The van der Waals surface area contributed by atoms with Crippen LogP contribution < -0.4 is 11.1 Å². The van der Waals surface area contributed by atoms with Gasteiger partial charge in [0, 0.05) is 18.6 Å². The summed E-state index contributed by atoms with van der Waals surface area (Å²) in [5.41, 5.74) is 5.49. The van der Waals surface area contributed by atoms with Gasteiger partial charge in [-0.3, -0.25) is 4.79 Å². The largest absolute Gasteiger partial charge is 0.354 e. The van der Waals surface area contributed by atoms with Gasteiger partial charge in [-0.1, -0.05) is 0 Å². The van der Waals surface area contributed by atoms with Crippen LogP contribution in [0.2, 0.25) is 0 Å². The topological polar surface area (TPSA) is 58.4 Å². The van der Waals surface area contributed by atoms with Crippen LogP contribution in [0.15, 0.2) is 0 Å². The molecule has 0 aromatic rings. The first-order chi connectivity index (χ1) is 8.58. The first-order valence-corrected chi connectivity index (χ1v) is 7.37. The van der Waals surface area contributed by atoms with Crippen LogP contribution >= 0.6 is 0 Å². The van der Waals surface area contributed by atoms with Crippen molar-refractivity contribution in [2.24, 2.45) is 11.7 Å². The quantitative estimate of drug-likeness (QED) is 0.782. The van der Waals surface area contributed by atoms with Crippen LogP contribution in [0.4, 0.5) is 0 Å². The van der Waals surface area contributed by atoms with E-state index >= 15 is 0 Å². The number of piperidine rings is 1. The second-order valence-electron chi connectivity index (χ2n) is 6.61. The third kappa shape index (κ3) is 2.05. The number of hydrogen-bond donors (Lipinski definition) is 2. The van der Waals surface area contributed by atoms with Crippen LogP contribution in [0.1, 0.15) is 44.9 Å². The first-order valence-electron chi connectivity index (χ1n) is 7.37. The smallest absolute Gasteiger partial charge is 0.240 e. The Morgan fingerprint density at radius 3 is 2.44 bits per heavy atom. The van der Waals surface area contributed by atoms with Gasteiger partial charge >= 0.3 is 0 Å². The molecule has 2 heterocycles. The summed E-state index contributed by atoms with van der Waals surface area (Å²) in [7, 11) is 2.25. The summed E-state index contributed by atoms with van der Waals surface area (Å²) in [6.45, 7) is 0.832. The first kappa shape index (κ1) is 12.4. The van der Waals surface area contributed by atoms with Crippen molar-refractivity contribution in [1.82, 2.24) is 10.2 Å². The zero-order valence-electron chi connectivity index (χ0n) is 11.3. The van der Waals surface area contributed by atoms with Gasteiger partial charge in [0.1, 0.15) is 0 Å². The Labute approximate surface area is 109 Å².